The van der Waals surface area contributed by atoms with Crippen LogP contribution < -0.4 is 0 Å². The Labute approximate surface area is 356 Å². The Morgan fingerprint density at radius 1 is 0.621 bits per heavy atom. The molecule has 1 heterocycles. The van der Waals surface area contributed by atoms with Crippen molar-refractivity contribution in [2.45, 2.75) is 185 Å². The molecule has 0 radical (unpaired) electrons. The first-order valence-corrected chi connectivity index (χ1v) is 26.1. The zero-order valence-electron chi connectivity index (χ0n) is 35.7. The average Bonchev–Trinajstić information content (AvgIpc) is 3.93. The minimum atomic E-state index is 0.321. The zero-order chi connectivity index (χ0) is 38.2. The average molecular weight is 793 g/mol. The van der Waals surface area contributed by atoms with Crippen LogP contribution in [0.5, 0.6) is 0 Å². The molecular formula is C55H72N2S. The van der Waals surface area contributed by atoms with Crippen LogP contribution in [0.4, 0.5) is 0 Å². The van der Waals surface area contributed by atoms with Crippen molar-refractivity contribution in [2.75, 3.05) is 0 Å². The van der Waals surface area contributed by atoms with E-state index < -0.39 is 0 Å². The van der Waals surface area contributed by atoms with Gasteiger partial charge in [-0.05, 0) is 168 Å². The molecule has 2 nitrogen and oxygen atoms in total. The van der Waals surface area contributed by atoms with E-state index in [-0.39, 0.29) is 0 Å². The predicted molar refractivity (Wildman–Crippen MR) is 244 cm³/mol. The third-order valence-electron chi connectivity index (χ3n) is 18.8. The maximum absolute atomic E-state index is 3.36. The van der Waals surface area contributed by atoms with Crippen molar-refractivity contribution < 1.29 is 0 Å². The Hall–Kier alpha value is -2.39. The molecule has 11 atom stereocenters. The molecule has 0 aromatic heterocycles. The van der Waals surface area contributed by atoms with Crippen molar-refractivity contribution in [1.82, 2.24) is 9.80 Å². The molecule has 1 aliphatic heterocycles. The molecule has 12 aliphatic rings. The van der Waals surface area contributed by atoms with Crippen LogP contribution in [0.3, 0.4) is 0 Å². The zero-order valence-corrected chi connectivity index (χ0v) is 36.5. The SMILES string of the molecule is C1=CCCC(N(C2C=CCCC2)C2C=CC3=C(C2)C2(C4C=CC=CC34)C3CCCCC3C3C(N(C4=C5SC6=C(CCCC6)C5CCC4)C4CCCCC4)CCCC32)=C1. The first kappa shape index (κ1) is 37.4. The second-order valence-electron chi connectivity index (χ2n) is 21.2. The van der Waals surface area contributed by atoms with Gasteiger partial charge >= 0.3 is 0 Å². The summed E-state index contributed by atoms with van der Waals surface area (Å²) in [6, 6.07) is 2.52. The first-order chi connectivity index (χ1) is 28.8. The van der Waals surface area contributed by atoms with E-state index in [4.69, 9.17) is 0 Å². The van der Waals surface area contributed by atoms with Gasteiger partial charge in [-0.25, -0.2) is 0 Å². The third-order valence-corrected chi connectivity index (χ3v) is 20.3. The smallest absolute Gasteiger partial charge is 0.0516 e. The van der Waals surface area contributed by atoms with Crippen molar-refractivity contribution in [2.24, 2.45) is 46.8 Å². The molecule has 12 rings (SSSR count). The lowest BCUT2D eigenvalue weighted by atomic mass is 9.55. The molecule has 1 spiro atoms. The second-order valence-corrected chi connectivity index (χ2v) is 22.4. The highest BCUT2D eigenvalue weighted by Crippen LogP contribution is 2.75. The van der Waals surface area contributed by atoms with E-state index in [1.54, 1.807) is 11.3 Å². The van der Waals surface area contributed by atoms with Gasteiger partial charge in [0.05, 0.1) is 6.04 Å². The summed E-state index contributed by atoms with van der Waals surface area (Å²) in [4.78, 5) is 10.0. The quantitative estimate of drug-likeness (QED) is 0.247. The van der Waals surface area contributed by atoms with Crippen LogP contribution in [0, 0.1) is 46.8 Å². The van der Waals surface area contributed by atoms with E-state index in [9.17, 15) is 0 Å². The first-order valence-electron chi connectivity index (χ1n) is 25.3. The van der Waals surface area contributed by atoms with Gasteiger partial charge in [0.25, 0.3) is 0 Å². The van der Waals surface area contributed by atoms with Crippen LogP contribution in [0.1, 0.15) is 161 Å². The lowest BCUT2D eigenvalue weighted by molar-refractivity contribution is 0.0129. The predicted octanol–water partition coefficient (Wildman–Crippen LogP) is 14.4. The van der Waals surface area contributed by atoms with Crippen LogP contribution >= 0.6 is 11.8 Å². The topological polar surface area (TPSA) is 6.48 Å². The van der Waals surface area contributed by atoms with Crippen molar-refractivity contribution >= 4 is 11.8 Å². The molecule has 58 heavy (non-hydrogen) atoms. The van der Waals surface area contributed by atoms with Gasteiger partial charge < -0.3 is 9.80 Å². The molecule has 11 unspecified atom stereocenters. The van der Waals surface area contributed by atoms with Crippen LogP contribution in [0.2, 0.25) is 0 Å². The summed E-state index contributed by atoms with van der Waals surface area (Å²) in [6.45, 7) is 0. The van der Waals surface area contributed by atoms with Gasteiger partial charge in [0, 0.05) is 51.7 Å². The summed E-state index contributed by atoms with van der Waals surface area (Å²) in [5.41, 5.74) is 9.48. The fourth-order valence-electron chi connectivity index (χ4n) is 17.0. The normalized spacial score (nSPS) is 41.6. The minimum absolute atomic E-state index is 0.321. The number of hydrogen-bond donors (Lipinski definition) is 0. The summed E-state index contributed by atoms with van der Waals surface area (Å²) in [7, 11) is 0. The molecule has 3 heteroatoms. The number of nitrogens with zero attached hydrogens (tertiary/aromatic N) is 2. The van der Waals surface area contributed by atoms with E-state index in [1.165, 1.54) is 161 Å². The molecule has 4 fully saturated rings. The summed E-state index contributed by atoms with van der Waals surface area (Å²) < 4.78 is 0. The standard InChI is InChI=1S/C55H72N2S/c1-4-18-37(19-5-1)56(38-20-6-2-7-21-38)40-34-35-42-41-24-10-13-28-46(41)55(49(42)36-40)47-29-14-11-26-45(47)53-48(55)30-17-31-50(53)57(39-22-8-3-9-23-39)51-32-16-27-44-43-25-12-15-33-52(43)58-54(44)51/h1,4,6,10,13,18,20,24,28,34-35,38-41,44-48,50,53H,2-3,5,7-9,11-12,14-17,19,21-23,25-27,29-33,36H2. The highest BCUT2D eigenvalue weighted by Gasteiger charge is 2.70. The monoisotopic (exact) mass is 793 g/mol. The number of fused-ring (bicyclic) bond motifs is 11. The van der Waals surface area contributed by atoms with Crippen molar-refractivity contribution in [3.8, 4) is 0 Å². The Morgan fingerprint density at radius 3 is 2.40 bits per heavy atom. The van der Waals surface area contributed by atoms with E-state index in [1.807, 2.05) is 26.7 Å². The molecule has 0 amide bonds. The highest BCUT2D eigenvalue weighted by atomic mass is 32.2. The summed E-state index contributed by atoms with van der Waals surface area (Å²) in [5, 5.41) is 0. The van der Waals surface area contributed by atoms with Gasteiger partial charge in [0.15, 0.2) is 0 Å². The van der Waals surface area contributed by atoms with E-state index in [0.717, 1.165) is 41.7 Å². The fourth-order valence-corrected chi connectivity index (χ4v) is 18.6. The van der Waals surface area contributed by atoms with Crippen molar-refractivity contribution in [1.29, 1.82) is 0 Å². The van der Waals surface area contributed by atoms with Gasteiger partial charge in [0.2, 0.25) is 0 Å². The Balaban J connectivity index is 0.970. The summed E-state index contributed by atoms with van der Waals surface area (Å²) in [5.74, 6) is 5.41. The molecule has 0 bridgehead atoms. The van der Waals surface area contributed by atoms with E-state index in [0.29, 0.717) is 29.3 Å². The second kappa shape index (κ2) is 15.5. The lowest BCUT2D eigenvalue weighted by Crippen LogP contribution is -2.53. The van der Waals surface area contributed by atoms with Crippen molar-refractivity contribution in [3.05, 3.63) is 105 Å². The number of thioether (sulfide) groups is 1. The molecule has 4 saturated carbocycles. The largest absolute Gasteiger partial charge is 0.368 e. The van der Waals surface area contributed by atoms with Gasteiger partial charge in [-0.15, -0.1) is 0 Å². The van der Waals surface area contributed by atoms with Crippen LogP contribution in [-0.2, 0) is 0 Å². The number of rotatable bonds is 6. The third kappa shape index (κ3) is 5.82. The van der Waals surface area contributed by atoms with Gasteiger partial charge in [-0.1, -0.05) is 122 Å². The molecular weight excluding hydrogens is 721 g/mol. The van der Waals surface area contributed by atoms with Crippen LogP contribution in [0.25, 0.3) is 0 Å². The molecule has 11 aliphatic carbocycles. The fraction of sp³-hybridized carbons (Fsp3) is 0.673. The molecule has 0 aromatic rings. The van der Waals surface area contributed by atoms with Crippen LogP contribution in [0.15, 0.2) is 105 Å². The molecule has 308 valence electrons. The molecule has 0 saturated heterocycles. The van der Waals surface area contributed by atoms with E-state index in [2.05, 4.69) is 88.4 Å². The summed E-state index contributed by atoms with van der Waals surface area (Å²) in [6.07, 6.45) is 63.1. The van der Waals surface area contributed by atoms with Crippen molar-refractivity contribution in [3.63, 3.8) is 0 Å². The van der Waals surface area contributed by atoms with Gasteiger partial charge in [-0.2, -0.15) is 0 Å². The number of allylic oxidation sites excluding steroid dienone is 15. The lowest BCUT2D eigenvalue weighted by Gasteiger charge is -2.53. The number of hydrogen-bond acceptors (Lipinski definition) is 3. The maximum atomic E-state index is 3.36. The minimum Gasteiger partial charge on any atom is -0.368 e. The Morgan fingerprint density at radius 2 is 1.50 bits per heavy atom. The Kier molecular flexibility index (Phi) is 9.99. The highest BCUT2D eigenvalue weighted by molar-refractivity contribution is 8.07. The van der Waals surface area contributed by atoms with E-state index >= 15 is 0 Å². The Bertz CT molecular complexity index is 1910. The molecule has 0 aromatic carbocycles. The van der Waals surface area contributed by atoms with Crippen LogP contribution in [-0.4, -0.2) is 34.0 Å². The maximum Gasteiger partial charge on any atom is 0.0516 e. The van der Waals surface area contributed by atoms with Gasteiger partial charge in [-0.3, -0.25) is 0 Å². The summed E-state index contributed by atoms with van der Waals surface area (Å²) >= 11 is 2.33. The van der Waals surface area contributed by atoms with Gasteiger partial charge in [0.1, 0.15) is 0 Å². The molecule has 0 N–H and O–H groups in total.